The van der Waals surface area contributed by atoms with Gasteiger partial charge in [0.05, 0.1) is 73.9 Å². The summed E-state index contributed by atoms with van der Waals surface area (Å²) < 4.78 is 7.88. The highest BCUT2D eigenvalue weighted by atomic mass is 79.9. The van der Waals surface area contributed by atoms with E-state index in [0.717, 1.165) is 123 Å². The fourth-order valence-corrected chi connectivity index (χ4v) is 11.5. The number of nitrogens with one attached hydrogen (secondary N) is 1. The molecule has 0 spiro atoms. The molecular formula is C65H92BrN13. The van der Waals surface area contributed by atoms with Gasteiger partial charge in [0.25, 0.3) is 0 Å². The van der Waals surface area contributed by atoms with Gasteiger partial charge < -0.3 is 10.2 Å². The predicted octanol–water partition coefficient (Wildman–Crippen LogP) is 13.7. The molecule has 14 heteroatoms. The predicted molar refractivity (Wildman–Crippen MR) is 334 cm³/mol. The number of halogens is 1. The van der Waals surface area contributed by atoms with Gasteiger partial charge in [0.1, 0.15) is 0 Å². The van der Waals surface area contributed by atoms with Crippen molar-refractivity contribution in [1.29, 1.82) is 15.8 Å². The summed E-state index contributed by atoms with van der Waals surface area (Å²) in [4.78, 5) is 2.39. The van der Waals surface area contributed by atoms with E-state index < -0.39 is 10.8 Å². The summed E-state index contributed by atoms with van der Waals surface area (Å²) in [6.45, 7) is 21.5. The first kappa shape index (κ1) is 65.2. The van der Waals surface area contributed by atoms with Gasteiger partial charge in [-0.2, -0.15) is 36.2 Å². The summed E-state index contributed by atoms with van der Waals surface area (Å²) in [6.07, 6.45) is 9.54. The average Bonchev–Trinajstić information content (AvgIpc) is 4.23. The summed E-state index contributed by atoms with van der Waals surface area (Å²) in [5, 5.41) is 55.4. The van der Waals surface area contributed by atoms with Crippen molar-refractivity contribution in [3.8, 4) is 18.2 Å². The van der Waals surface area contributed by atoms with Crippen LogP contribution in [0.3, 0.4) is 0 Å². The van der Waals surface area contributed by atoms with Gasteiger partial charge in [0, 0.05) is 68.5 Å². The van der Waals surface area contributed by atoms with Gasteiger partial charge in [0.15, 0.2) is 0 Å². The molecule has 1 N–H and O–H groups in total. The van der Waals surface area contributed by atoms with Crippen LogP contribution in [0.1, 0.15) is 140 Å². The molecule has 4 aromatic carbocycles. The highest BCUT2D eigenvalue weighted by Crippen LogP contribution is 2.40. The Balaban J connectivity index is 0.000000272. The van der Waals surface area contributed by atoms with Crippen LogP contribution >= 0.6 is 15.9 Å². The fraction of sp³-hybridized carbons (Fsp3) is 0.523. The summed E-state index contributed by atoms with van der Waals surface area (Å²) in [5.41, 5.74) is 13.3. The monoisotopic (exact) mass is 1130 g/mol. The highest BCUT2D eigenvalue weighted by Gasteiger charge is 2.37. The van der Waals surface area contributed by atoms with Gasteiger partial charge in [-0.05, 0) is 150 Å². The number of hydrogen-bond donors (Lipinski definition) is 1. The number of nitrogens with zero attached hydrogens (tertiary/aromatic N) is 12. The molecule has 0 aliphatic rings. The molecule has 8 aromatic rings. The third-order valence-electron chi connectivity index (χ3n) is 15.9. The standard InChI is InChI=1S/C31H42N6.C19H28N4.C12H15BrN2.C2H3N.CH4/c1-8-27-25-13-11-23(19-29(25)36(6)33-27)15-18-35(5)17-10-16-31(21-32,22(3)4)24-12-14-26-28(9-2)34-37(7)30(26)20-24;1-6-17-16-9-8-15(12-18(16)23(5)22-17)19(13-20,14(2)3)10-7-11-21-4;1-3-11-10-5-4-9(6-7-13)8-12(10)15(2)14-11;1-2-3;/h11-14,19-20,22H,8-10,15-18H2,1-7H3;8-9,12,14,21H,6-7,10-11H2,1-5H3;4-5,8H,3,6-7H2,1-2H3;1H3;1H4. The molecule has 0 amide bonds. The van der Waals surface area contributed by atoms with Crippen molar-refractivity contribution in [2.24, 2.45) is 40.0 Å². The van der Waals surface area contributed by atoms with Crippen molar-refractivity contribution < 1.29 is 0 Å². The first-order valence-corrected chi connectivity index (χ1v) is 29.4. The van der Waals surface area contributed by atoms with Crippen LogP contribution in [-0.2, 0) is 77.5 Å². The normalized spacial score (nSPS) is 12.7. The molecule has 2 unspecified atom stereocenters. The number of alkyl halides is 1. The highest BCUT2D eigenvalue weighted by molar-refractivity contribution is 9.09. The molecule has 0 fully saturated rings. The Morgan fingerprint density at radius 2 is 0.899 bits per heavy atom. The van der Waals surface area contributed by atoms with Crippen molar-refractivity contribution in [2.75, 3.05) is 39.1 Å². The topological polar surface area (TPSA) is 158 Å². The molecule has 4 aromatic heterocycles. The first-order chi connectivity index (χ1) is 37.4. The molecule has 0 bridgehead atoms. The molecular weight excluding hydrogens is 1040 g/mol. The second kappa shape index (κ2) is 30.3. The summed E-state index contributed by atoms with van der Waals surface area (Å²) in [5.74, 6) is 0.485. The second-order valence-corrected chi connectivity index (χ2v) is 22.2. The average molecular weight is 1140 g/mol. The van der Waals surface area contributed by atoms with E-state index in [4.69, 9.17) is 5.26 Å². The van der Waals surface area contributed by atoms with E-state index in [1.807, 2.05) is 54.0 Å². The second-order valence-electron chi connectivity index (χ2n) is 21.4. The van der Waals surface area contributed by atoms with Crippen LogP contribution in [0, 0.1) is 45.8 Å². The summed E-state index contributed by atoms with van der Waals surface area (Å²) >= 11 is 3.47. The zero-order valence-corrected chi connectivity index (χ0v) is 51.3. The van der Waals surface area contributed by atoms with Gasteiger partial charge in [-0.1, -0.05) is 127 Å². The molecule has 8 rings (SSSR count). The molecule has 0 saturated carbocycles. The number of likely N-dealkylation sites (N-methyl/N-ethyl adjacent to an activating group) is 1. The van der Waals surface area contributed by atoms with Gasteiger partial charge in [-0.15, -0.1) is 0 Å². The molecule has 0 aliphatic heterocycles. The van der Waals surface area contributed by atoms with Crippen molar-refractivity contribution >= 4 is 59.5 Å². The Kier molecular flexibility index (Phi) is 25.0. The Morgan fingerprint density at radius 1 is 0.557 bits per heavy atom. The van der Waals surface area contributed by atoms with E-state index in [0.29, 0.717) is 0 Å². The van der Waals surface area contributed by atoms with E-state index in [2.05, 4.69) is 194 Å². The zero-order chi connectivity index (χ0) is 57.3. The van der Waals surface area contributed by atoms with E-state index >= 15 is 0 Å². The van der Waals surface area contributed by atoms with Crippen LogP contribution in [0.4, 0.5) is 0 Å². The minimum Gasteiger partial charge on any atom is -0.320 e. The lowest BCUT2D eigenvalue weighted by Gasteiger charge is -2.32. The van der Waals surface area contributed by atoms with E-state index in [1.54, 1.807) is 6.07 Å². The van der Waals surface area contributed by atoms with Crippen molar-refractivity contribution in [1.82, 2.24) is 49.3 Å². The van der Waals surface area contributed by atoms with Crippen molar-refractivity contribution in [2.45, 2.75) is 145 Å². The van der Waals surface area contributed by atoms with Gasteiger partial charge >= 0.3 is 0 Å². The molecule has 4 heterocycles. The lowest BCUT2D eigenvalue weighted by molar-refractivity contribution is 0.294. The van der Waals surface area contributed by atoms with Crippen molar-refractivity contribution in [3.63, 3.8) is 0 Å². The van der Waals surface area contributed by atoms with E-state index in [9.17, 15) is 10.5 Å². The third-order valence-corrected chi connectivity index (χ3v) is 16.3. The molecule has 13 nitrogen and oxygen atoms in total. The number of hydrogen-bond acceptors (Lipinski definition) is 9. The van der Waals surface area contributed by atoms with Crippen molar-refractivity contribution in [3.05, 3.63) is 118 Å². The Bertz CT molecular complexity index is 3350. The van der Waals surface area contributed by atoms with Crippen LogP contribution in [0.25, 0.3) is 43.6 Å². The Morgan fingerprint density at radius 3 is 1.23 bits per heavy atom. The molecule has 79 heavy (non-hydrogen) atoms. The third kappa shape index (κ3) is 14.9. The van der Waals surface area contributed by atoms with Crippen LogP contribution in [0.15, 0.2) is 72.8 Å². The number of aromatic nitrogens is 8. The number of rotatable bonds is 21. The first-order valence-electron chi connectivity index (χ1n) is 28.2. The minimum absolute atomic E-state index is 0. The number of benzene rings is 4. The molecule has 2 atom stereocenters. The van der Waals surface area contributed by atoms with Crippen LogP contribution in [-0.4, -0.2) is 83.1 Å². The fourth-order valence-electron chi connectivity index (χ4n) is 11.1. The summed E-state index contributed by atoms with van der Waals surface area (Å²) in [7, 11) is 12.2. The quantitative estimate of drug-likeness (QED) is 0.0546. The van der Waals surface area contributed by atoms with Gasteiger partial charge in [-0.25, -0.2) is 0 Å². The maximum Gasteiger partial charge on any atom is 0.0846 e. The Hall–Kier alpha value is -6.37. The molecule has 0 aliphatic carbocycles. The SMILES string of the molecule is C.CC#N.CCc1nn(C)c2cc(C(C#N)(CCCNC)C(C)C)ccc12.CCc1nn(C)c2cc(CCBr)ccc12.CCc1nn(C)c2cc(CCN(C)CCCC(C#N)(c3ccc4c(CC)nn(C)c4c3)C(C)C)ccc12. The largest absolute Gasteiger partial charge is 0.320 e. The maximum atomic E-state index is 10.4. The number of fused-ring (bicyclic) bond motifs is 4. The lowest BCUT2D eigenvalue weighted by atomic mass is 9.69. The molecule has 0 saturated heterocycles. The van der Waals surface area contributed by atoms with Gasteiger partial charge in [0.2, 0.25) is 0 Å². The zero-order valence-electron chi connectivity index (χ0n) is 49.7. The molecule has 0 radical (unpaired) electrons. The van der Waals surface area contributed by atoms with E-state index in [-0.39, 0.29) is 19.3 Å². The summed E-state index contributed by atoms with van der Waals surface area (Å²) in [6, 6.07) is 33.5. The smallest absolute Gasteiger partial charge is 0.0846 e. The Labute approximate surface area is 482 Å². The van der Waals surface area contributed by atoms with E-state index in [1.165, 1.54) is 62.0 Å². The van der Waals surface area contributed by atoms with Crippen LogP contribution in [0.5, 0.6) is 0 Å². The number of aryl methyl sites for hydroxylation is 9. The lowest BCUT2D eigenvalue weighted by Crippen LogP contribution is -2.32. The maximum absolute atomic E-state index is 10.4. The van der Waals surface area contributed by atoms with Crippen LogP contribution in [0.2, 0.25) is 0 Å². The number of nitriles is 3. The van der Waals surface area contributed by atoms with Crippen LogP contribution < -0.4 is 5.32 Å². The van der Waals surface area contributed by atoms with Gasteiger partial charge in [-0.3, -0.25) is 18.7 Å². The minimum atomic E-state index is -0.507. The molecule has 424 valence electrons.